The number of likely N-dealkylation sites (tertiary alicyclic amines) is 1. The number of ether oxygens (including phenoxy) is 1. The van der Waals surface area contributed by atoms with Crippen LogP contribution in [0.25, 0.3) is 0 Å². The van der Waals surface area contributed by atoms with Gasteiger partial charge >= 0.3 is 0 Å². The van der Waals surface area contributed by atoms with Gasteiger partial charge in [0.05, 0.1) is 12.7 Å². The van der Waals surface area contributed by atoms with Crippen LogP contribution in [0.2, 0.25) is 0 Å². The topological polar surface area (TPSA) is 70.0 Å². The first-order valence-electron chi connectivity index (χ1n) is 9.86. The Morgan fingerprint density at radius 3 is 2.85 bits per heavy atom. The molecule has 0 spiro atoms. The van der Waals surface area contributed by atoms with E-state index in [1.807, 2.05) is 6.07 Å². The summed E-state index contributed by atoms with van der Waals surface area (Å²) in [6.45, 7) is 1.93. The van der Waals surface area contributed by atoms with Gasteiger partial charge in [-0.25, -0.2) is 0 Å². The molecule has 1 aromatic carbocycles. The summed E-state index contributed by atoms with van der Waals surface area (Å²) in [5, 5.41) is 22.9. The number of aromatic hydroxyl groups is 1. The Balaban J connectivity index is 1.68. The van der Waals surface area contributed by atoms with Crippen molar-refractivity contribution in [1.29, 1.82) is 0 Å². The lowest BCUT2D eigenvalue weighted by Gasteiger charge is -2.63. The van der Waals surface area contributed by atoms with Crippen LogP contribution in [0, 0.1) is 5.92 Å². The third kappa shape index (κ3) is 2.07. The summed E-state index contributed by atoms with van der Waals surface area (Å²) in [6, 6.07) is 3.85. The minimum atomic E-state index is -0.953. The number of carbonyl (C=O) groups excluding carboxylic acids is 1. The van der Waals surface area contributed by atoms with Crippen molar-refractivity contribution >= 4 is 5.78 Å². The molecule has 3 fully saturated rings. The molecule has 5 rings (SSSR count). The molecule has 3 atom stereocenters. The van der Waals surface area contributed by atoms with E-state index in [1.165, 1.54) is 12.8 Å². The smallest absolute Gasteiger partial charge is 0.161 e. The number of phenols is 1. The molecule has 2 bridgehead atoms. The van der Waals surface area contributed by atoms with Crippen LogP contribution in [0.5, 0.6) is 11.5 Å². The fourth-order valence-corrected chi connectivity index (χ4v) is 6.00. The quantitative estimate of drug-likeness (QED) is 0.868. The first kappa shape index (κ1) is 16.6. The molecule has 2 N–H and O–H groups in total. The van der Waals surface area contributed by atoms with E-state index < -0.39 is 11.0 Å². The number of carbonyl (C=O) groups is 1. The predicted molar refractivity (Wildman–Crippen MR) is 96.6 cm³/mol. The van der Waals surface area contributed by atoms with Gasteiger partial charge in [0.2, 0.25) is 0 Å². The zero-order chi connectivity index (χ0) is 18.1. The SMILES string of the molecule is COc1ccc2c(c1O)[C@]13CCN(CC4CC4)[C@H](C2)[C@]1(O)CCC(=O)C3. The van der Waals surface area contributed by atoms with E-state index in [-0.39, 0.29) is 17.6 Å². The number of piperidine rings is 1. The summed E-state index contributed by atoms with van der Waals surface area (Å²) >= 11 is 0. The number of phenolic OH excluding ortho intramolecular Hbond substituents is 1. The van der Waals surface area contributed by atoms with Crippen LogP contribution >= 0.6 is 0 Å². The van der Waals surface area contributed by atoms with E-state index in [2.05, 4.69) is 4.90 Å². The van der Waals surface area contributed by atoms with Crippen molar-refractivity contribution in [2.24, 2.45) is 5.92 Å². The largest absolute Gasteiger partial charge is 0.504 e. The number of hydrogen-bond acceptors (Lipinski definition) is 5. The van der Waals surface area contributed by atoms with Gasteiger partial charge in [0.25, 0.3) is 0 Å². The Morgan fingerprint density at radius 2 is 2.12 bits per heavy atom. The molecule has 0 radical (unpaired) electrons. The highest BCUT2D eigenvalue weighted by Gasteiger charge is 2.65. The Bertz CT molecular complexity index is 774. The maximum Gasteiger partial charge on any atom is 0.161 e. The lowest BCUT2D eigenvalue weighted by atomic mass is 9.49. The van der Waals surface area contributed by atoms with Crippen LogP contribution in [0.3, 0.4) is 0 Å². The van der Waals surface area contributed by atoms with Gasteiger partial charge in [-0.2, -0.15) is 0 Å². The number of ketones is 1. The summed E-state index contributed by atoms with van der Waals surface area (Å²) < 4.78 is 5.34. The molecule has 3 aliphatic carbocycles. The highest BCUT2D eigenvalue weighted by Crippen LogP contribution is 2.60. The average molecular weight is 357 g/mol. The van der Waals surface area contributed by atoms with E-state index in [0.717, 1.165) is 36.6 Å². The van der Waals surface area contributed by atoms with Crippen molar-refractivity contribution in [2.75, 3.05) is 20.2 Å². The second-order valence-electron chi connectivity index (χ2n) is 8.78. The van der Waals surface area contributed by atoms with E-state index >= 15 is 0 Å². The first-order valence-corrected chi connectivity index (χ1v) is 9.86. The normalized spacial score (nSPS) is 36.4. The Kier molecular flexibility index (Phi) is 3.48. The molecule has 2 saturated carbocycles. The molecular formula is C21H27NO4. The minimum absolute atomic E-state index is 0.0326. The van der Waals surface area contributed by atoms with Crippen LogP contribution in [-0.4, -0.2) is 52.7 Å². The molecule has 0 amide bonds. The van der Waals surface area contributed by atoms with Crippen molar-refractivity contribution in [1.82, 2.24) is 4.90 Å². The molecule has 0 aromatic heterocycles. The van der Waals surface area contributed by atoms with E-state index in [0.29, 0.717) is 31.4 Å². The summed E-state index contributed by atoms with van der Waals surface area (Å²) in [6.07, 6.45) is 5.28. The second kappa shape index (κ2) is 5.46. The fourth-order valence-electron chi connectivity index (χ4n) is 6.00. The van der Waals surface area contributed by atoms with Gasteiger partial charge in [-0.15, -0.1) is 0 Å². The number of nitrogens with zero attached hydrogens (tertiary/aromatic N) is 1. The standard InChI is InChI=1S/C21H27NO4/c1-26-16-5-4-14-10-17-21(25)7-6-15(23)11-20(21,18(14)19(16)24)8-9-22(17)12-13-2-3-13/h4-5,13,17,24-25H,2-3,6-12H2,1H3/t17-,20-,21-/m1/s1. The Hall–Kier alpha value is -1.59. The van der Waals surface area contributed by atoms with Crippen molar-refractivity contribution < 1.29 is 19.7 Å². The van der Waals surface area contributed by atoms with Crippen molar-refractivity contribution in [3.8, 4) is 11.5 Å². The molecule has 0 unspecified atom stereocenters. The zero-order valence-corrected chi connectivity index (χ0v) is 15.3. The first-order chi connectivity index (χ1) is 12.5. The minimum Gasteiger partial charge on any atom is -0.504 e. The maximum absolute atomic E-state index is 12.5. The molecule has 5 heteroatoms. The van der Waals surface area contributed by atoms with E-state index in [4.69, 9.17) is 4.74 Å². The summed E-state index contributed by atoms with van der Waals surface area (Å²) in [4.78, 5) is 14.9. The lowest BCUT2D eigenvalue weighted by molar-refractivity contribution is -0.173. The van der Waals surface area contributed by atoms with Crippen LogP contribution in [0.4, 0.5) is 0 Å². The van der Waals surface area contributed by atoms with Crippen molar-refractivity contribution in [3.05, 3.63) is 23.3 Å². The summed E-state index contributed by atoms with van der Waals surface area (Å²) in [5.74, 6) is 1.51. The number of fused-ring (bicyclic) bond motifs is 1. The van der Waals surface area contributed by atoms with E-state index in [9.17, 15) is 15.0 Å². The number of Topliss-reactive ketones (excluding diaryl/α,β-unsaturated/α-hetero) is 1. The molecule has 4 aliphatic rings. The van der Waals surface area contributed by atoms with E-state index in [1.54, 1.807) is 13.2 Å². The van der Waals surface area contributed by atoms with Gasteiger partial charge in [0.15, 0.2) is 11.5 Å². The van der Waals surface area contributed by atoms with Crippen molar-refractivity contribution in [3.63, 3.8) is 0 Å². The van der Waals surface area contributed by atoms with Crippen LogP contribution in [0.1, 0.15) is 49.7 Å². The van der Waals surface area contributed by atoms with Crippen LogP contribution in [0.15, 0.2) is 12.1 Å². The van der Waals surface area contributed by atoms with Gasteiger partial charge in [0, 0.05) is 36.4 Å². The summed E-state index contributed by atoms with van der Waals surface area (Å²) in [5.41, 5.74) is 0.201. The van der Waals surface area contributed by atoms with Gasteiger partial charge in [-0.1, -0.05) is 6.07 Å². The van der Waals surface area contributed by atoms with Crippen molar-refractivity contribution in [2.45, 2.75) is 62.0 Å². The highest BCUT2D eigenvalue weighted by atomic mass is 16.5. The molecule has 140 valence electrons. The maximum atomic E-state index is 12.5. The number of methoxy groups -OCH3 is 1. The van der Waals surface area contributed by atoms with Crippen LogP contribution < -0.4 is 4.74 Å². The third-order valence-electron chi connectivity index (χ3n) is 7.46. The van der Waals surface area contributed by atoms with Gasteiger partial charge in [-0.05, 0) is 56.2 Å². The molecule has 1 aliphatic heterocycles. The molecule has 1 aromatic rings. The number of benzene rings is 1. The highest BCUT2D eigenvalue weighted by molar-refractivity contribution is 5.83. The zero-order valence-electron chi connectivity index (χ0n) is 15.3. The van der Waals surface area contributed by atoms with Crippen LogP contribution in [-0.2, 0) is 16.6 Å². The summed E-state index contributed by atoms with van der Waals surface area (Å²) in [7, 11) is 1.54. The Morgan fingerprint density at radius 1 is 1.31 bits per heavy atom. The Labute approximate surface area is 154 Å². The average Bonchev–Trinajstić information content (AvgIpc) is 3.42. The molecule has 1 saturated heterocycles. The van der Waals surface area contributed by atoms with Gasteiger partial charge in [-0.3, -0.25) is 9.69 Å². The molecule has 1 heterocycles. The molecular weight excluding hydrogens is 330 g/mol. The van der Waals surface area contributed by atoms with Gasteiger partial charge < -0.3 is 14.9 Å². The predicted octanol–water partition coefficient (Wildman–Crippen LogP) is 2.16. The monoisotopic (exact) mass is 357 g/mol. The second-order valence-corrected chi connectivity index (χ2v) is 8.78. The molecule has 5 nitrogen and oxygen atoms in total. The number of aliphatic hydroxyl groups is 1. The third-order valence-corrected chi connectivity index (χ3v) is 7.46. The number of hydrogen-bond donors (Lipinski definition) is 2. The molecule has 26 heavy (non-hydrogen) atoms. The fraction of sp³-hybridized carbons (Fsp3) is 0.667. The van der Waals surface area contributed by atoms with Gasteiger partial charge in [0.1, 0.15) is 5.78 Å². The number of rotatable bonds is 3. The lowest BCUT2D eigenvalue weighted by Crippen LogP contribution is -2.73.